The fourth-order valence-electron chi connectivity index (χ4n) is 2.90. The Balaban J connectivity index is 1.96. The summed E-state index contributed by atoms with van der Waals surface area (Å²) in [6.45, 7) is 0.364. The van der Waals surface area contributed by atoms with Crippen molar-refractivity contribution in [2.24, 2.45) is 5.73 Å². The van der Waals surface area contributed by atoms with E-state index in [1.165, 1.54) is 15.8 Å². The van der Waals surface area contributed by atoms with Gasteiger partial charge in [0.15, 0.2) is 0 Å². The molecule has 1 heterocycles. The van der Waals surface area contributed by atoms with Crippen molar-refractivity contribution in [3.05, 3.63) is 69.6 Å². The van der Waals surface area contributed by atoms with E-state index in [-0.39, 0.29) is 0 Å². The molecule has 1 amide bonds. The van der Waals surface area contributed by atoms with Crippen LogP contribution in [0.1, 0.15) is 27.9 Å². The van der Waals surface area contributed by atoms with Gasteiger partial charge in [0, 0.05) is 17.1 Å². The smallest absolute Gasteiger partial charge is 0.257 e. The molecule has 2 N–H and O–H groups in total. The largest absolute Gasteiger partial charge is 0.366 e. The molecule has 0 aromatic heterocycles. The predicted molar refractivity (Wildman–Crippen MR) is 100 cm³/mol. The summed E-state index contributed by atoms with van der Waals surface area (Å²) in [4.78, 5) is 11.6. The summed E-state index contributed by atoms with van der Waals surface area (Å²) >= 11 is 5.83. The number of nitrogens with two attached hydrogens (primary N) is 1. The number of rotatable bonds is 4. The number of primary amides is 1. The highest BCUT2D eigenvalue weighted by Crippen LogP contribution is 2.32. The van der Waals surface area contributed by atoms with Gasteiger partial charge in [-0.3, -0.25) is 9.10 Å². The van der Waals surface area contributed by atoms with Gasteiger partial charge in [-0.05, 0) is 54.3 Å². The third-order valence-electron chi connectivity index (χ3n) is 4.08. The van der Waals surface area contributed by atoms with E-state index < -0.39 is 15.9 Å². The van der Waals surface area contributed by atoms with E-state index in [1.54, 1.807) is 42.5 Å². The summed E-state index contributed by atoms with van der Waals surface area (Å²) in [5, 5.41) is 1.76. The lowest BCUT2D eigenvalue weighted by molar-refractivity contribution is 0.0999. The molecule has 0 fully saturated rings. The minimum Gasteiger partial charge on any atom is -0.366 e. The number of fused-ring (bicyclic) bond motifs is 1. The molecule has 25 heavy (non-hydrogen) atoms. The zero-order valence-corrected chi connectivity index (χ0v) is 14.9. The first-order valence-corrected chi connectivity index (χ1v) is 9.65. The van der Waals surface area contributed by atoms with Gasteiger partial charge in [0.05, 0.1) is 11.1 Å². The lowest BCUT2D eigenvalue weighted by Crippen LogP contribution is -2.35. The number of amides is 1. The zero-order valence-electron chi connectivity index (χ0n) is 13.4. The van der Waals surface area contributed by atoms with E-state index >= 15 is 0 Å². The summed E-state index contributed by atoms with van der Waals surface area (Å²) in [5.41, 5.74) is 7.72. The first-order valence-electron chi connectivity index (χ1n) is 7.76. The molecule has 0 saturated carbocycles. The standard InChI is InChI=1S/C18H17ClN2O3S/c19-14-8-6-13(7-9-14)10-12-25(23,24)21-11-2-4-15-16(18(20)22)3-1-5-17(15)21/h1,3,5-10,12H,2,4,11H2,(H2,20,22). The SMILES string of the molecule is NC(=O)c1cccc2c1CCCN2S(=O)(=O)C=Cc1ccc(Cl)cc1. The first kappa shape index (κ1) is 17.5. The zero-order chi connectivity index (χ0) is 18.0. The van der Waals surface area contributed by atoms with E-state index in [0.717, 1.165) is 5.56 Å². The molecule has 1 aliphatic rings. The van der Waals surface area contributed by atoms with Crippen molar-refractivity contribution in [3.8, 4) is 0 Å². The molecule has 0 atom stereocenters. The van der Waals surface area contributed by atoms with Crippen LogP contribution >= 0.6 is 11.6 Å². The second-order valence-corrected chi connectivity index (χ2v) is 7.92. The molecule has 0 radical (unpaired) electrons. The number of benzene rings is 2. The van der Waals surface area contributed by atoms with Crippen LogP contribution in [0.15, 0.2) is 47.9 Å². The number of nitrogens with zero attached hydrogens (tertiary/aromatic N) is 1. The molecule has 0 unspecified atom stereocenters. The lowest BCUT2D eigenvalue weighted by Gasteiger charge is -2.30. The van der Waals surface area contributed by atoms with Gasteiger partial charge >= 0.3 is 0 Å². The number of hydrogen-bond donors (Lipinski definition) is 1. The molecule has 130 valence electrons. The van der Waals surface area contributed by atoms with Crippen LogP contribution in [0.2, 0.25) is 5.02 Å². The third-order valence-corrected chi connectivity index (χ3v) is 5.81. The third kappa shape index (κ3) is 3.70. The summed E-state index contributed by atoms with van der Waals surface area (Å²) < 4.78 is 26.9. The molecule has 0 spiro atoms. The van der Waals surface area contributed by atoms with Crippen molar-refractivity contribution < 1.29 is 13.2 Å². The van der Waals surface area contributed by atoms with Gasteiger partial charge in [0.2, 0.25) is 5.91 Å². The summed E-state index contributed by atoms with van der Waals surface area (Å²) in [5.74, 6) is -0.548. The minimum atomic E-state index is -3.68. The van der Waals surface area contributed by atoms with Gasteiger partial charge in [-0.15, -0.1) is 0 Å². The van der Waals surface area contributed by atoms with Crippen molar-refractivity contribution >= 4 is 39.3 Å². The van der Waals surface area contributed by atoms with Crippen molar-refractivity contribution in [2.45, 2.75) is 12.8 Å². The van der Waals surface area contributed by atoms with Gasteiger partial charge in [-0.2, -0.15) is 0 Å². The maximum Gasteiger partial charge on any atom is 0.257 e. The average Bonchev–Trinajstić information content (AvgIpc) is 2.60. The molecule has 0 bridgehead atoms. The number of carbonyl (C=O) groups excluding carboxylic acids is 1. The van der Waals surface area contributed by atoms with Crippen LogP contribution < -0.4 is 10.0 Å². The molecule has 0 saturated heterocycles. The van der Waals surface area contributed by atoms with Gasteiger partial charge in [-0.1, -0.05) is 29.8 Å². The normalized spacial score (nSPS) is 14.5. The lowest BCUT2D eigenvalue weighted by atomic mass is 9.97. The Hall–Kier alpha value is -2.31. The van der Waals surface area contributed by atoms with Gasteiger partial charge in [0.1, 0.15) is 0 Å². The Kier molecular flexibility index (Phi) is 4.83. The fraction of sp³-hybridized carbons (Fsp3) is 0.167. The van der Waals surface area contributed by atoms with Crippen molar-refractivity contribution in [2.75, 3.05) is 10.8 Å². The Morgan fingerprint density at radius 1 is 1.16 bits per heavy atom. The average molecular weight is 377 g/mol. The van der Waals surface area contributed by atoms with E-state index in [1.807, 2.05) is 0 Å². The van der Waals surface area contributed by atoms with Crippen LogP contribution in [0.5, 0.6) is 0 Å². The number of anilines is 1. The molecule has 0 aliphatic carbocycles. The van der Waals surface area contributed by atoms with Crippen molar-refractivity contribution in [1.29, 1.82) is 0 Å². The number of carbonyl (C=O) groups is 1. The van der Waals surface area contributed by atoms with Gasteiger partial charge in [0.25, 0.3) is 10.0 Å². The maximum absolute atomic E-state index is 12.8. The molecular formula is C18H17ClN2O3S. The van der Waals surface area contributed by atoms with Crippen molar-refractivity contribution in [3.63, 3.8) is 0 Å². The molecule has 7 heteroatoms. The van der Waals surface area contributed by atoms with E-state index in [0.29, 0.717) is 41.2 Å². The van der Waals surface area contributed by atoms with Crippen LogP contribution in [0.4, 0.5) is 5.69 Å². The van der Waals surface area contributed by atoms with Gasteiger partial charge in [-0.25, -0.2) is 8.42 Å². The summed E-state index contributed by atoms with van der Waals surface area (Å²) in [6, 6.07) is 11.9. The quantitative estimate of drug-likeness (QED) is 0.889. The van der Waals surface area contributed by atoms with E-state index in [9.17, 15) is 13.2 Å². The Morgan fingerprint density at radius 3 is 2.56 bits per heavy atom. The summed E-state index contributed by atoms with van der Waals surface area (Å²) in [6.07, 6.45) is 2.78. The van der Waals surface area contributed by atoms with E-state index in [4.69, 9.17) is 17.3 Å². The molecular weight excluding hydrogens is 360 g/mol. The fourth-order valence-corrected chi connectivity index (χ4v) is 4.33. The van der Waals surface area contributed by atoms with Crippen molar-refractivity contribution in [1.82, 2.24) is 0 Å². The van der Waals surface area contributed by atoms with Crippen LogP contribution in [0.25, 0.3) is 6.08 Å². The molecule has 2 aromatic rings. The second kappa shape index (κ2) is 6.90. The van der Waals surface area contributed by atoms with Gasteiger partial charge < -0.3 is 5.73 Å². The molecule has 2 aromatic carbocycles. The highest BCUT2D eigenvalue weighted by Gasteiger charge is 2.27. The monoisotopic (exact) mass is 376 g/mol. The topological polar surface area (TPSA) is 80.5 Å². The highest BCUT2D eigenvalue weighted by atomic mass is 35.5. The Bertz CT molecular complexity index is 937. The first-order chi connectivity index (χ1) is 11.9. The second-order valence-electron chi connectivity index (χ2n) is 5.74. The Labute approximate surface area is 151 Å². The minimum absolute atomic E-state index is 0.364. The molecule has 1 aliphatic heterocycles. The van der Waals surface area contributed by atoms with Crippen LogP contribution in [-0.4, -0.2) is 20.9 Å². The molecule has 5 nitrogen and oxygen atoms in total. The number of sulfonamides is 1. The van der Waals surface area contributed by atoms with Crippen LogP contribution in [0.3, 0.4) is 0 Å². The maximum atomic E-state index is 12.8. The van der Waals surface area contributed by atoms with Crippen LogP contribution in [0, 0.1) is 0 Å². The highest BCUT2D eigenvalue weighted by molar-refractivity contribution is 7.95. The number of halogens is 1. The summed E-state index contributed by atoms with van der Waals surface area (Å²) in [7, 11) is -3.68. The molecule has 3 rings (SSSR count). The predicted octanol–water partition coefficient (Wildman–Crippen LogP) is 3.19. The number of hydrogen-bond acceptors (Lipinski definition) is 3. The Morgan fingerprint density at radius 2 is 1.88 bits per heavy atom. The van der Waals surface area contributed by atoms with E-state index in [2.05, 4.69) is 0 Å². The van der Waals surface area contributed by atoms with Crippen LogP contribution in [-0.2, 0) is 16.4 Å².